The Morgan fingerprint density at radius 3 is 2.50 bits per heavy atom. The van der Waals surface area contributed by atoms with Crippen molar-refractivity contribution in [2.45, 2.75) is 44.4 Å². The van der Waals surface area contributed by atoms with Crippen molar-refractivity contribution >= 4 is 27.3 Å². The van der Waals surface area contributed by atoms with Gasteiger partial charge in [-0.1, -0.05) is 13.3 Å². The van der Waals surface area contributed by atoms with Crippen molar-refractivity contribution < 1.29 is 13.2 Å². The average molecular weight is 323 g/mol. The van der Waals surface area contributed by atoms with Crippen molar-refractivity contribution in [1.82, 2.24) is 4.83 Å². The molecule has 0 aromatic heterocycles. The van der Waals surface area contributed by atoms with Crippen LogP contribution < -0.4 is 10.1 Å². The molecule has 0 spiro atoms. The van der Waals surface area contributed by atoms with Gasteiger partial charge < -0.3 is 5.32 Å². The molecule has 1 aromatic rings. The van der Waals surface area contributed by atoms with Gasteiger partial charge in [0.25, 0.3) is 10.0 Å². The fourth-order valence-corrected chi connectivity index (χ4v) is 3.27. The number of sulfonamides is 1. The highest BCUT2D eigenvalue weighted by Gasteiger charge is 2.18. The summed E-state index contributed by atoms with van der Waals surface area (Å²) >= 11 is 0. The Hall–Kier alpha value is -1.89. The van der Waals surface area contributed by atoms with Crippen molar-refractivity contribution in [2.75, 3.05) is 5.32 Å². The molecule has 2 rings (SSSR count). The Kier molecular flexibility index (Phi) is 5.18. The topological polar surface area (TPSA) is 87.6 Å². The third kappa shape index (κ3) is 4.30. The molecule has 0 aliphatic heterocycles. The Labute approximate surface area is 131 Å². The maximum absolute atomic E-state index is 12.2. The summed E-state index contributed by atoms with van der Waals surface area (Å²) in [6.45, 7) is 3.46. The van der Waals surface area contributed by atoms with Crippen LogP contribution in [-0.2, 0) is 14.8 Å². The number of carbonyl (C=O) groups excluding carboxylic acids is 1. The number of nitrogens with one attached hydrogen (secondary N) is 2. The quantitative estimate of drug-likeness (QED) is 0.834. The van der Waals surface area contributed by atoms with Crippen LogP contribution in [0.1, 0.15) is 39.5 Å². The second kappa shape index (κ2) is 6.91. The van der Waals surface area contributed by atoms with Gasteiger partial charge in [0, 0.05) is 18.3 Å². The minimum atomic E-state index is -3.68. The van der Waals surface area contributed by atoms with Crippen molar-refractivity contribution in [2.24, 2.45) is 11.0 Å². The molecule has 120 valence electrons. The molecule has 1 aromatic carbocycles. The lowest BCUT2D eigenvalue weighted by Gasteiger charge is -2.20. The number of anilines is 1. The number of nitrogens with zero attached hydrogens (tertiary/aromatic N) is 1. The summed E-state index contributed by atoms with van der Waals surface area (Å²) in [4.78, 5) is 13.4. The smallest absolute Gasteiger partial charge is 0.276 e. The SMILES string of the molecule is CC(=O)Nc1ccc(S(=O)(=O)N/N=C2/CCCC[C@H]2C)cc1. The molecular formula is C15H21N3O3S. The van der Waals surface area contributed by atoms with Crippen LogP contribution >= 0.6 is 0 Å². The van der Waals surface area contributed by atoms with E-state index in [2.05, 4.69) is 22.2 Å². The molecule has 7 heteroatoms. The Bertz CT molecular complexity index is 666. The minimum absolute atomic E-state index is 0.120. The maximum Gasteiger partial charge on any atom is 0.276 e. The number of hydrazone groups is 1. The summed E-state index contributed by atoms with van der Waals surface area (Å²) in [5.41, 5.74) is 1.46. The van der Waals surface area contributed by atoms with E-state index in [1.54, 1.807) is 12.1 Å². The molecule has 1 fully saturated rings. The van der Waals surface area contributed by atoms with Crippen molar-refractivity contribution in [1.29, 1.82) is 0 Å². The van der Waals surface area contributed by atoms with Gasteiger partial charge in [-0.15, -0.1) is 0 Å². The third-order valence-electron chi connectivity index (χ3n) is 3.68. The van der Waals surface area contributed by atoms with E-state index in [4.69, 9.17) is 0 Å². The summed E-state index contributed by atoms with van der Waals surface area (Å²) in [6.07, 6.45) is 4.10. The molecule has 0 radical (unpaired) electrons. The van der Waals surface area contributed by atoms with Crippen molar-refractivity contribution in [3.05, 3.63) is 24.3 Å². The Balaban J connectivity index is 2.09. The number of amides is 1. The third-order valence-corrected chi connectivity index (χ3v) is 4.91. The highest BCUT2D eigenvalue weighted by Crippen LogP contribution is 2.21. The zero-order valence-corrected chi connectivity index (χ0v) is 13.6. The monoisotopic (exact) mass is 323 g/mol. The van der Waals surface area contributed by atoms with Crippen LogP contribution in [0.5, 0.6) is 0 Å². The van der Waals surface area contributed by atoms with Crippen molar-refractivity contribution in [3.8, 4) is 0 Å². The number of carbonyl (C=O) groups is 1. The molecule has 0 unspecified atom stereocenters. The molecule has 0 saturated heterocycles. The van der Waals surface area contributed by atoms with Crippen LogP contribution in [0.25, 0.3) is 0 Å². The fourth-order valence-electron chi connectivity index (χ4n) is 2.43. The largest absolute Gasteiger partial charge is 0.326 e. The molecule has 1 aliphatic carbocycles. The zero-order chi connectivity index (χ0) is 16.2. The number of rotatable bonds is 4. The molecule has 2 N–H and O–H groups in total. The van der Waals surface area contributed by atoms with Crippen LogP contribution in [0, 0.1) is 5.92 Å². The standard InChI is InChI=1S/C15H21N3O3S/c1-11-5-3-4-6-15(11)17-18-22(20,21)14-9-7-13(8-10-14)16-12(2)19/h7-11,18H,3-6H2,1-2H3,(H,16,19)/b17-15-/t11-/m1/s1. The van der Waals surface area contributed by atoms with Crippen LogP contribution in [0.2, 0.25) is 0 Å². The molecular weight excluding hydrogens is 302 g/mol. The molecule has 0 heterocycles. The first-order chi connectivity index (χ1) is 10.4. The average Bonchev–Trinajstić information content (AvgIpc) is 2.46. The summed E-state index contributed by atoms with van der Waals surface area (Å²) in [5.74, 6) is 0.116. The number of benzene rings is 1. The molecule has 1 atom stereocenters. The normalized spacial score (nSPS) is 20.6. The summed E-state index contributed by atoms with van der Waals surface area (Å²) < 4.78 is 24.4. The predicted molar refractivity (Wildman–Crippen MR) is 86.1 cm³/mol. The number of hydrogen-bond donors (Lipinski definition) is 2. The molecule has 0 bridgehead atoms. The second-order valence-electron chi connectivity index (χ2n) is 5.55. The first kappa shape index (κ1) is 16.5. The van der Waals surface area contributed by atoms with Gasteiger partial charge in [-0.2, -0.15) is 13.5 Å². The van der Waals surface area contributed by atoms with E-state index in [1.165, 1.54) is 19.1 Å². The Morgan fingerprint density at radius 2 is 1.91 bits per heavy atom. The van der Waals surface area contributed by atoms with E-state index in [0.29, 0.717) is 11.6 Å². The van der Waals surface area contributed by atoms with Gasteiger partial charge in [0.15, 0.2) is 0 Å². The zero-order valence-electron chi connectivity index (χ0n) is 12.8. The van der Waals surface area contributed by atoms with Crippen LogP contribution in [0.4, 0.5) is 5.69 Å². The minimum Gasteiger partial charge on any atom is -0.326 e. The van der Waals surface area contributed by atoms with Gasteiger partial charge >= 0.3 is 0 Å². The van der Waals surface area contributed by atoms with Gasteiger partial charge in [-0.25, -0.2) is 4.83 Å². The van der Waals surface area contributed by atoms with E-state index >= 15 is 0 Å². The summed E-state index contributed by atoms with van der Waals surface area (Å²) in [5, 5.41) is 6.68. The van der Waals surface area contributed by atoms with E-state index in [0.717, 1.165) is 31.4 Å². The van der Waals surface area contributed by atoms with Crippen LogP contribution in [-0.4, -0.2) is 20.0 Å². The first-order valence-electron chi connectivity index (χ1n) is 7.34. The second-order valence-corrected chi connectivity index (χ2v) is 7.21. The molecule has 1 amide bonds. The highest BCUT2D eigenvalue weighted by molar-refractivity contribution is 7.89. The van der Waals surface area contributed by atoms with Gasteiger partial charge in [-0.05, 0) is 49.4 Å². The molecule has 1 saturated carbocycles. The van der Waals surface area contributed by atoms with Crippen LogP contribution in [0.3, 0.4) is 0 Å². The molecule has 1 aliphatic rings. The van der Waals surface area contributed by atoms with Crippen molar-refractivity contribution in [3.63, 3.8) is 0 Å². The van der Waals surface area contributed by atoms with Crippen LogP contribution in [0.15, 0.2) is 34.3 Å². The predicted octanol–water partition coefficient (Wildman–Crippen LogP) is 2.49. The van der Waals surface area contributed by atoms with Gasteiger partial charge in [-0.3, -0.25) is 4.79 Å². The Morgan fingerprint density at radius 1 is 1.23 bits per heavy atom. The lowest BCUT2D eigenvalue weighted by atomic mass is 9.89. The first-order valence-corrected chi connectivity index (χ1v) is 8.83. The maximum atomic E-state index is 12.2. The summed E-state index contributed by atoms with van der Waals surface area (Å²) in [6, 6.07) is 5.98. The van der Waals surface area contributed by atoms with Gasteiger partial charge in [0.1, 0.15) is 0 Å². The van der Waals surface area contributed by atoms with E-state index < -0.39 is 10.0 Å². The fraction of sp³-hybridized carbons (Fsp3) is 0.467. The highest BCUT2D eigenvalue weighted by atomic mass is 32.2. The molecule has 6 nitrogen and oxygen atoms in total. The van der Waals surface area contributed by atoms with Gasteiger partial charge in [0.2, 0.25) is 5.91 Å². The lowest BCUT2D eigenvalue weighted by Crippen LogP contribution is -2.24. The van der Waals surface area contributed by atoms with E-state index in [1.807, 2.05) is 0 Å². The molecule has 22 heavy (non-hydrogen) atoms. The lowest BCUT2D eigenvalue weighted by molar-refractivity contribution is -0.114. The van der Waals surface area contributed by atoms with E-state index in [9.17, 15) is 13.2 Å². The summed E-state index contributed by atoms with van der Waals surface area (Å²) in [7, 11) is -3.68. The van der Waals surface area contributed by atoms with Gasteiger partial charge in [0.05, 0.1) is 4.90 Å². The number of hydrogen-bond acceptors (Lipinski definition) is 4. The van der Waals surface area contributed by atoms with E-state index in [-0.39, 0.29) is 10.8 Å².